The monoisotopic (exact) mass is 378 g/mol. The highest BCUT2D eigenvalue weighted by Gasteiger charge is 2.13. The lowest BCUT2D eigenvalue weighted by atomic mass is 10.2. The average molecular weight is 379 g/mol. The van der Waals surface area contributed by atoms with Crippen LogP contribution in [0.25, 0.3) is 0 Å². The van der Waals surface area contributed by atoms with Gasteiger partial charge in [0.25, 0.3) is 5.91 Å². The summed E-state index contributed by atoms with van der Waals surface area (Å²) in [6, 6.07) is 11.7. The zero-order chi connectivity index (χ0) is 16.2. The number of hydrogen-bond donors (Lipinski definition) is 1. The van der Waals surface area contributed by atoms with Crippen molar-refractivity contribution < 1.29 is 13.9 Å². The van der Waals surface area contributed by atoms with E-state index in [9.17, 15) is 9.18 Å². The second-order valence-electron chi connectivity index (χ2n) is 5.22. The summed E-state index contributed by atoms with van der Waals surface area (Å²) in [5.41, 5.74) is 2.20. The third-order valence-electron chi connectivity index (χ3n) is 3.68. The standard InChI is InChI=1S/C17H16BrFN2O2/c18-16-11-12(19)1-6-15(16)17(22)20-13-2-4-14(5-3-13)21-7-9-23-10-8-21/h1-6,11H,7-10H2,(H,20,22). The highest BCUT2D eigenvalue weighted by Crippen LogP contribution is 2.22. The van der Waals surface area contributed by atoms with Gasteiger partial charge in [0.05, 0.1) is 18.8 Å². The molecular weight excluding hydrogens is 363 g/mol. The third-order valence-corrected chi connectivity index (χ3v) is 4.33. The van der Waals surface area contributed by atoms with Gasteiger partial charge in [-0.05, 0) is 58.4 Å². The zero-order valence-corrected chi connectivity index (χ0v) is 14.0. The van der Waals surface area contributed by atoms with Crippen molar-refractivity contribution in [2.24, 2.45) is 0 Å². The van der Waals surface area contributed by atoms with E-state index in [0.717, 1.165) is 32.0 Å². The van der Waals surface area contributed by atoms with Crippen molar-refractivity contribution in [3.63, 3.8) is 0 Å². The highest BCUT2D eigenvalue weighted by molar-refractivity contribution is 9.10. The number of anilines is 2. The van der Waals surface area contributed by atoms with E-state index in [1.165, 1.54) is 18.2 Å². The van der Waals surface area contributed by atoms with Crippen molar-refractivity contribution in [1.82, 2.24) is 0 Å². The predicted molar refractivity (Wildman–Crippen MR) is 91.5 cm³/mol. The van der Waals surface area contributed by atoms with Crippen LogP contribution in [0.15, 0.2) is 46.9 Å². The SMILES string of the molecule is O=C(Nc1ccc(N2CCOCC2)cc1)c1ccc(F)cc1Br. The Morgan fingerprint density at radius 3 is 2.48 bits per heavy atom. The molecule has 0 spiro atoms. The maximum Gasteiger partial charge on any atom is 0.256 e. The van der Waals surface area contributed by atoms with Gasteiger partial charge in [-0.25, -0.2) is 4.39 Å². The van der Waals surface area contributed by atoms with E-state index in [4.69, 9.17) is 4.74 Å². The molecule has 0 unspecified atom stereocenters. The number of carbonyl (C=O) groups is 1. The van der Waals surface area contributed by atoms with Gasteiger partial charge in [-0.2, -0.15) is 0 Å². The van der Waals surface area contributed by atoms with Crippen molar-refractivity contribution in [2.75, 3.05) is 36.5 Å². The Bertz CT molecular complexity index is 700. The first kappa shape index (κ1) is 16.0. The minimum atomic E-state index is -0.386. The number of halogens is 2. The molecule has 6 heteroatoms. The lowest BCUT2D eigenvalue weighted by molar-refractivity contribution is 0.102. The zero-order valence-electron chi connectivity index (χ0n) is 12.4. The molecule has 4 nitrogen and oxygen atoms in total. The summed E-state index contributed by atoms with van der Waals surface area (Å²) >= 11 is 3.21. The summed E-state index contributed by atoms with van der Waals surface area (Å²) in [5, 5.41) is 2.81. The average Bonchev–Trinajstić information content (AvgIpc) is 2.56. The molecule has 1 aliphatic rings. The van der Waals surface area contributed by atoms with Crippen LogP contribution in [0.5, 0.6) is 0 Å². The highest BCUT2D eigenvalue weighted by atomic mass is 79.9. The van der Waals surface area contributed by atoms with Gasteiger partial charge < -0.3 is 15.0 Å². The van der Waals surface area contributed by atoms with Crippen LogP contribution >= 0.6 is 15.9 Å². The molecule has 1 fully saturated rings. The molecule has 1 aliphatic heterocycles. The fraction of sp³-hybridized carbons (Fsp3) is 0.235. The van der Waals surface area contributed by atoms with E-state index < -0.39 is 0 Å². The van der Waals surface area contributed by atoms with Gasteiger partial charge >= 0.3 is 0 Å². The van der Waals surface area contributed by atoms with E-state index in [1.54, 1.807) is 0 Å². The second-order valence-corrected chi connectivity index (χ2v) is 6.08. The number of rotatable bonds is 3. The van der Waals surface area contributed by atoms with Crippen LogP contribution in [-0.4, -0.2) is 32.2 Å². The Morgan fingerprint density at radius 2 is 1.83 bits per heavy atom. The number of benzene rings is 2. The molecule has 120 valence electrons. The Hall–Kier alpha value is -1.92. The summed E-state index contributed by atoms with van der Waals surface area (Å²) in [5.74, 6) is -0.667. The summed E-state index contributed by atoms with van der Waals surface area (Å²) in [6.07, 6.45) is 0. The largest absolute Gasteiger partial charge is 0.378 e. The second kappa shape index (κ2) is 7.10. The Kier molecular flexibility index (Phi) is 4.93. The minimum Gasteiger partial charge on any atom is -0.378 e. The van der Waals surface area contributed by atoms with Crippen LogP contribution in [0, 0.1) is 5.82 Å². The number of amides is 1. The van der Waals surface area contributed by atoms with Crippen molar-refractivity contribution >= 4 is 33.2 Å². The Morgan fingerprint density at radius 1 is 1.13 bits per heavy atom. The van der Waals surface area contributed by atoms with E-state index in [-0.39, 0.29) is 11.7 Å². The van der Waals surface area contributed by atoms with E-state index in [2.05, 4.69) is 26.1 Å². The molecule has 2 aromatic rings. The van der Waals surface area contributed by atoms with Gasteiger partial charge in [0.15, 0.2) is 0 Å². The number of morpholine rings is 1. The van der Waals surface area contributed by atoms with Gasteiger partial charge in [-0.3, -0.25) is 4.79 Å². The first-order valence-electron chi connectivity index (χ1n) is 7.32. The third kappa shape index (κ3) is 3.89. The van der Waals surface area contributed by atoms with Crippen molar-refractivity contribution in [1.29, 1.82) is 0 Å². The van der Waals surface area contributed by atoms with Gasteiger partial charge in [-0.15, -0.1) is 0 Å². The Labute approximate surface area is 142 Å². The molecule has 1 heterocycles. The van der Waals surface area contributed by atoms with Crippen LogP contribution in [0.1, 0.15) is 10.4 Å². The minimum absolute atomic E-state index is 0.281. The molecular formula is C17H16BrFN2O2. The molecule has 23 heavy (non-hydrogen) atoms. The fourth-order valence-corrected chi connectivity index (χ4v) is 2.98. The fourth-order valence-electron chi connectivity index (χ4n) is 2.45. The first-order chi connectivity index (χ1) is 11.1. The maximum absolute atomic E-state index is 13.1. The van der Waals surface area contributed by atoms with Crippen molar-refractivity contribution in [3.8, 4) is 0 Å². The van der Waals surface area contributed by atoms with E-state index in [0.29, 0.717) is 15.7 Å². The predicted octanol–water partition coefficient (Wildman–Crippen LogP) is 3.68. The number of ether oxygens (including phenoxy) is 1. The smallest absolute Gasteiger partial charge is 0.256 e. The van der Waals surface area contributed by atoms with Crippen LogP contribution in [0.4, 0.5) is 15.8 Å². The molecule has 0 bridgehead atoms. The van der Waals surface area contributed by atoms with Crippen LogP contribution in [-0.2, 0) is 4.74 Å². The summed E-state index contributed by atoms with van der Waals surface area (Å²) < 4.78 is 18.9. The molecule has 1 N–H and O–H groups in total. The van der Waals surface area contributed by atoms with Gasteiger partial charge in [0.1, 0.15) is 5.82 Å². The molecule has 0 aromatic heterocycles. The molecule has 2 aromatic carbocycles. The molecule has 1 saturated heterocycles. The number of hydrogen-bond acceptors (Lipinski definition) is 3. The molecule has 0 saturated carbocycles. The molecule has 3 rings (SSSR count). The van der Waals surface area contributed by atoms with Crippen LogP contribution < -0.4 is 10.2 Å². The summed E-state index contributed by atoms with van der Waals surface area (Å²) in [4.78, 5) is 14.5. The van der Waals surface area contributed by atoms with Gasteiger partial charge in [0.2, 0.25) is 0 Å². The van der Waals surface area contributed by atoms with E-state index >= 15 is 0 Å². The van der Waals surface area contributed by atoms with Crippen molar-refractivity contribution in [2.45, 2.75) is 0 Å². The quantitative estimate of drug-likeness (QED) is 0.885. The maximum atomic E-state index is 13.1. The molecule has 0 atom stereocenters. The Balaban J connectivity index is 1.69. The normalized spacial score (nSPS) is 14.6. The molecule has 0 radical (unpaired) electrons. The molecule has 0 aliphatic carbocycles. The number of carbonyl (C=O) groups excluding carboxylic acids is 1. The van der Waals surface area contributed by atoms with Crippen molar-refractivity contribution in [3.05, 3.63) is 58.3 Å². The van der Waals surface area contributed by atoms with Gasteiger partial charge in [-0.1, -0.05) is 0 Å². The van der Waals surface area contributed by atoms with Crippen LogP contribution in [0.3, 0.4) is 0 Å². The number of nitrogens with zero attached hydrogens (tertiary/aromatic N) is 1. The van der Waals surface area contributed by atoms with Crippen LogP contribution in [0.2, 0.25) is 0 Å². The topological polar surface area (TPSA) is 41.6 Å². The first-order valence-corrected chi connectivity index (χ1v) is 8.12. The lowest BCUT2D eigenvalue weighted by Gasteiger charge is -2.28. The molecule has 1 amide bonds. The van der Waals surface area contributed by atoms with Gasteiger partial charge in [0, 0.05) is 28.9 Å². The lowest BCUT2D eigenvalue weighted by Crippen LogP contribution is -2.36. The summed E-state index contributed by atoms with van der Waals surface area (Å²) in [7, 11) is 0. The number of nitrogens with one attached hydrogen (secondary N) is 1. The summed E-state index contributed by atoms with van der Waals surface area (Å²) in [6.45, 7) is 3.20. The van der Waals surface area contributed by atoms with E-state index in [1.807, 2.05) is 24.3 Å².